The van der Waals surface area contributed by atoms with E-state index in [2.05, 4.69) is 55.3 Å². The fraction of sp³-hybridized carbons (Fsp3) is 0.345. The monoisotopic (exact) mass is 456 g/mol. The minimum Gasteiger partial charge on any atom is -0.459 e. The summed E-state index contributed by atoms with van der Waals surface area (Å²) in [7, 11) is 0. The van der Waals surface area contributed by atoms with Crippen LogP contribution in [0.4, 0.5) is 5.69 Å². The standard InChI is InChI=1S/C29H32N2O3/c1-19(2)21-10-12-22(13-11-21)27(31-16-14-20(3)15-17-31)28-26(23-7-4-5-8-24(23)34-28)30-29(32)25-9-6-18-33-25/h4-13,18-20,27H,14-17H2,1-3H3,(H,30,32). The molecule has 1 aliphatic rings. The number of piperidine rings is 1. The summed E-state index contributed by atoms with van der Waals surface area (Å²) in [5, 5.41) is 4.01. The first-order valence-corrected chi connectivity index (χ1v) is 12.2. The molecule has 1 saturated heterocycles. The second-order valence-corrected chi connectivity index (χ2v) is 9.71. The van der Waals surface area contributed by atoms with Gasteiger partial charge < -0.3 is 14.2 Å². The van der Waals surface area contributed by atoms with Gasteiger partial charge in [0.1, 0.15) is 11.3 Å². The zero-order valence-corrected chi connectivity index (χ0v) is 20.1. The van der Waals surface area contributed by atoms with Crippen LogP contribution in [0, 0.1) is 5.92 Å². The molecule has 0 saturated carbocycles. The molecular formula is C29H32N2O3. The first kappa shape index (κ1) is 22.5. The van der Waals surface area contributed by atoms with Gasteiger partial charge in [0.2, 0.25) is 0 Å². The molecule has 1 amide bonds. The molecule has 3 heterocycles. The molecule has 0 spiro atoms. The Balaban J connectivity index is 1.62. The number of benzene rings is 2. The van der Waals surface area contributed by atoms with Crippen molar-refractivity contribution >= 4 is 22.6 Å². The maximum absolute atomic E-state index is 13.0. The summed E-state index contributed by atoms with van der Waals surface area (Å²) < 4.78 is 11.9. The Bertz CT molecular complexity index is 1250. The topological polar surface area (TPSA) is 58.6 Å². The molecular weight excluding hydrogens is 424 g/mol. The molecule has 5 nitrogen and oxygen atoms in total. The van der Waals surface area contributed by atoms with Gasteiger partial charge in [-0.05, 0) is 73.2 Å². The van der Waals surface area contributed by atoms with Gasteiger partial charge in [0, 0.05) is 5.39 Å². The fourth-order valence-corrected chi connectivity index (χ4v) is 4.85. The number of hydrogen-bond donors (Lipinski definition) is 1. The highest BCUT2D eigenvalue weighted by Gasteiger charge is 2.32. The molecule has 2 aromatic heterocycles. The number of amides is 1. The summed E-state index contributed by atoms with van der Waals surface area (Å²) in [5.41, 5.74) is 3.97. The lowest BCUT2D eigenvalue weighted by Gasteiger charge is -2.36. The van der Waals surface area contributed by atoms with Gasteiger partial charge in [-0.15, -0.1) is 0 Å². The normalized spacial score (nSPS) is 16.2. The maximum Gasteiger partial charge on any atom is 0.291 e. The highest BCUT2D eigenvalue weighted by Crippen LogP contribution is 2.42. The third-order valence-electron chi connectivity index (χ3n) is 6.96. The molecule has 0 radical (unpaired) electrons. The number of nitrogens with one attached hydrogen (secondary N) is 1. The number of furan rings is 2. The van der Waals surface area contributed by atoms with Crippen LogP contribution in [0.5, 0.6) is 0 Å². The molecule has 176 valence electrons. The van der Waals surface area contributed by atoms with E-state index in [9.17, 15) is 4.79 Å². The minimum atomic E-state index is -0.279. The summed E-state index contributed by atoms with van der Waals surface area (Å²) in [6.07, 6.45) is 3.81. The average Bonchev–Trinajstić information content (AvgIpc) is 3.50. The quantitative estimate of drug-likeness (QED) is 0.333. The van der Waals surface area contributed by atoms with Crippen molar-refractivity contribution in [3.05, 3.63) is 89.6 Å². The van der Waals surface area contributed by atoms with E-state index >= 15 is 0 Å². The van der Waals surface area contributed by atoms with Crippen molar-refractivity contribution in [2.24, 2.45) is 5.92 Å². The molecule has 5 heteroatoms. The fourth-order valence-electron chi connectivity index (χ4n) is 4.85. The number of anilines is 1. The highest BCUT2D eigenvalue weighted by atomic mass is 16.3. The Kier molecular flexibility index (Phi) is 6.29. The smallest absolute Gasteiger partial charge is 0.291 e. The van der Waals surface area contributed by atoms with E-state index in [1.54, 1.807) is 12.1 Å². The lowest BCUT2D eigenvalue weighted by atomic mass is 9.92. The van der Waals surface area contributed by atoms with Crippen molar-refractivity contribution < 1.29 is 13.6 Å². The lowest BCUT2D eigenvalue weighted by molar-refractivity contribution is 0.0995. The molecule has 0 aliphatic carbocycles. The van der Waals surface area contributed by atoms with Crippen LogP contribution >= 0.6 is 0 Å². The second kappa shape index (κ2) is 9.51. The van der Waals surface area contributed by atoms with E-state index in [0.29, 0.717) is 17.5 Å². The van der Waals surface area contributed by atoms with E-state index in [-0.39, 0.29) is 17.7 Å². The number of likely N-dealkylation sites (tertiary alicyclic amines) is 1. The van der Waals surface area contributed by atoms with Gasteiger partial charge in [0.05, 0.1) is 18.0 Å². The highest BCUT2D eigenvalue weighted by molar-refractivity contribution is 6.08. The Morgan fingerprint density at radius 1 is 0.971 bits per heavy atom. The average molecular weight is 457 g/mol. The Labute approximate surface area is 200 Å². The Morgan fingerprint density at radius 3 is 2.35 bits per heavy atom. The van der Waals surface area contributed by atoms with Gasteiger partial charge in [-0.25, -0.2) is 0 Å². The van der Waals surface area contributed by atoms with Crippen molar-refractivity contribution in [1.82, 2.24) is 4.90 Å². The SMILES string of the molecule is CC1CCN(C(c2ccc(C(C)C)cc2)c2oc3ccccc3c2NC(=O)c2ccco2)CC1. The van der Waals surface area contributed by atoms with Gasteiger partial charge in [-0.3, -0.25) is 9.69 Å². The van der Waals surface area contributed by atoms with Crippen molar-refractivity contribution in [1.29, 1.82) is 0 Å². The van der Waals surface area contributed by atoms with Crippen LogP contribution in [-0.4, -0.2) is 23.9 Å². The molecule has 2 aromatic carbocycles. The Hall–Kier alpha value is -3.31. The van der Waals surface area contributed by atoms with Crippen molar-refractivity contribution in [3.8, 4) is 0 Å². The number of fused-ring (bicyclic) bond motifs is 1. The Morgan fingerprint density at radius 2 is 1.68 bits per heavy atom. The number of hydrogen-bond acceptors (Lipinski definition) is 4. The lowest BCUT2D eigenvalue weighted by Crippen LogP contribution is -2.37. The minimum absolute atomic E-state index is 0.0898. The maximum atomic E-state index is 13.0. The van der Waals surface area contributed by atoms with Crippen LogP contribution in [0.25, 0.3) is 11.0 Å². The van der Waals surface area contributed by atoms with Crippen molar-refractivity contribution in [2.45, 2.75) is 45.6 Å². The van der Waals surface area contributed by atoms with E-state index in [1.165, 1.54) is 17.4 Å². The third-order valence-corrected chi connectivity index (χ3v) is 6.96. The summed E-state index contributed by atoms with van der Waals surface area (Å²) >= 11 is 0. The van der Waals surface area contributed by atoms with Crippen LogP contribution in [-0.2, 0) is 0 Å². The van der Waals surface area contributed by atoms with Gasteiger partial charge in [0.25, 0.3) is 5.91 Å². The van der Waals surface area contributed by atoms with E-state index in [0.717, 1.165) is 42.7 Å². The zero-order chi connectivity index (χ0) is 23.7. The van der Waals surface area contributed by atoms with E-state index < -0.39 is 0 Å². The molecule has 1 atom stereocenters. The van der Waals surface area contributed by atoms with Crippen molar-refractivity contribution in [2.75, 3.05) is 18.4 Å². The van der Waals surface area contributed by atoms with Gasteiger partial charge >= 0.3 is 0 Å². The molecule has 4 aromatic rings. The number of carbonyl (C=O) groups is 1. The molecule has 0 bridgehead atoms. The number of para-hydroxylation sites is 1. The number of rotatable bonds is 6. The molecule has 1 N–H and O–H groups in total. The molecule has 34 heavy (non-hydrogen) atoms. The summed E-state index contributed by atoms with van der Waals surface area (Å²) in [5.74, 6) is 1.96. The predicted molar refractivity (Wildman–Crippen MR) is 135 cm³/mol. The first-order chi connectivity index (χ1) is 16.5. The third kappa shape index (κ3) is 4.40. The summed E-state index contributed by atoms with van der Waals surface area (Å²) in [4.78, 5) is 15.5. The van der Waals surface area contributed by atoms with Gasteiger partial charge in [-0.2, -0.15) is 0 Å². The van der Waals surface area contributed by atoms with Crippen LogP contribution in [0.1, 0.15) is 73.0 Å². The summed E-state index contributed by atoms with van der Waals surface area (Å²) in [6.45, 7) is 8.71. The zero-order valence-electron chi connectivity index (χ0n) is 20.1. The van der Waals surface area contributed by atoms with Gasteiger partial charge in [-0.1, -0.05) is 57.2 Å². The van der Waals surface area contributed by atoms with Crippen LogP contribution in [0.3, 0.4) is 0 Å². The van der Waals surface area contributed by atoms with Crippen molar-refractivity contribution in [3.63, 3.8) is 0 Å². The number of nitrogens with zero attached hydrogens (tertiary/aromatic N) is 1. The molecule has 1 aliphatic heterocycles. The largest absolute Gasteiger partial charge is 0.459 e. The van der Waals surface area contributed by atoms with Crippen LogP contribution in [0.15, 0.2) is 75.8 Å². The number of carbonyl (C=O) groups excluding carboxylic acids is 1. The van der Waals surface area contributed by atoms with E-state index in [4.69, 9.17) is 8.83 Å². The molecule has 1 fully saturated rings. The van der Waals surface area contributed by atoms with E-state index in [1.807, 2.05) is 24.3 Å². The van der Waals surface area contributed by atoms with Crippen LogP contribution in [0.2, 0.25) is 0 Å². The van der Waals surface area contributed by atoms with Gasteiger partial charge in [0.15, 0.2) is 5.76 Å². The predicted octanol–water partition coefficient (Wildman–Crippen LogP) is 7.22. The molecule has 5 rings (SSSR count). The first-order valence-electron chi connectivity index (χ1n) is 12.2. The van der Waals surface area contributed by atoms with Crippen LogP contribution < -0.4 is 5.32 Å². The second-order valence-electron chi connectivity index (χ2n) is 9.71. The molecule has 1 unspecified atom stereocenters. The summed E-state index contributed by atoms with van der Waals surface area (Å²) in [6, 6.07) is 20.0.